The van der Waals surface area contributed by atoms with Crippen LogP contribution in [0.15, 0.2) is 60.9 Å². The summed E-state index contributed by atoms with van der Waals surface area (Å²) in [6.07, 6.45) is 1.39. The van der Waals surface area contributed by atoms with Gasteiger partial charge in [-0.3, -0.25) is 10.1 Å². The van der Waals surface area contributed by atoms with Crippen LogP contribution >= 0.6 is 11.3 Å². The van der Waals surface area contributed by atoms with E-state index in [1.165, 1.54) is 36.9 Å². The predicted molar refractivity (Wildman–Crippen MR) is 103 cm³/mol. The Hall–Kier alpha value is -3.52. The number of benzene rings is 2. The molecule has 0 amide bonds. The zero-order chi connectivity index (χ0) is 18.8. The maximum absolute atomic E-state index is 11.4. The molecule has 0 atom stereocenters. The lowest BCUT2D eigenvalue weighted by molar-refractivity contribution is -0.385. The van der Waals surface area contributed by atoms with Gasteiger partial charge in [0.05, 0.1) is 23.5 Å². The predicted octanol–water partition coefficient (Wildman–Crippen LogP) is 5.07. The van der Waals surface area contributed by atoms with E-state index in [0.717, 1.165) is 15.3 Å². The van der Waals surface area contributed by atoms with Crippen molar-refractivity contribution >= 4 is 27.2 Å². The monoisotopic (exact) mass is 379 g/mol. The third-order valence-electron chi connectivity index (χ3n) is 3.92. The average molecular weight is 379 g/mol. The van der Waals surface area contributed by atoms with Gasteiger partial charge in [-0.25, -0.2) is 9.97 Å². The van der Waals surface area contributed by atoms with Gasteiger partial charge >= 0.3 is 5.69 Å². The Morgan fingerprint density at radius 3 is 2.63 bits per heavy atom. The standard InChI is InChI=1S/C19H13N3O4S/c1-25-13-7-8-16(15(9-13)22(23)24)26-18-14-10-17(12-5-3-2-4-6-12)27-19(14)21-11-20-18/h2-11H,1H3. The molecule has 4 aromatic rings. The minimum absolute atomic E-state index is 0.0910. The van der Waals surface area contributed by atoms with Gasteiger partial charge in [-0.1, -0.05) is 30.3 Å². The van der Waals surface area contributed by atoms with Crippen molar-refractivity contribution in [2.24, 2.45) is 0 Å². The molecule has 2 aromatic carbocycles. The summed E-state index contributed by atoms with van der Waals surface area (Å²) < 4.78 is 10.8. The van der Waals surface area contributed by atoms with Gasteiger partial charge < -0.3 is 9.47 Å². The van der Waals surface area contributed by atoms with Gasteiger partial charge in [0.15, 0.2) is 0 Å². The first-order valence-corrected chi connectivity index (χ1v) is 8.77. The molecule has 0 unspecified atom stereocenters. The molecule has 0 aliphatic heterocycles. The topological polar surface area (TPSA) is 87.4 Å². The first kappa shape index (κ1) is 16.9. The Kier molecular flexibility index (Phi) is 4.39. The van der Waals surface area contributed by atoms with Gasteiger partial charge in [0.1, 0.15) is 16.9 Å². The van der Waals surface area contributed by atoms with Crippen LogP contribution < -0.4 is 9.47 Å². The lowest BCUT2D eigenvalue weighted by atomic mass is 10.2. The van der Waals surface area contributed by atoms with E-state index >= 15 is 0 Å². The van der Waals surface area contributed by atoms with Crippen LogP contribution in [0.4, 0.5) is 5.69 Å². The summed E-state index contributed by atoms with van der Waals surface area (Å²) in [5, 5.41) is 12.1. The smallest absolute Gasteiger partial charge is 0.315 e. The summed E-state index contributed by atoms with van der Waals surface area (Å²) in [4.78, 5) is 21.1. The van der Waals surface area contributed by atoms with Crippen molar-refractivity contribution in [1.29, 1.82) is 0 Å². The van der Waals surface area contributed by atoms with Crippen molar-refractivity contribution in [2.75, 3.05) is 7.11 Å². The van der Waals surface area contributed by atoms with E-state index in [1.54, 1.807) is 6.07 Å². The second kappa shape index (κ2) is 7.00. The molecule has 2 heterocycles. The fourth-order valence-electron chi connectivity index (χ4n) is 2.62. The minimum Gasteiger partial charge on any atom is -0.496 e. The van der Waals surface area contributed by atoms with E-state index in [2.05, 4.69) is 9.97 Å². The molecule has 27 heavy (non-hydrogen) atoms. The number of nitrogens with zero attached hydrogens (tertiary/aromatic N) is 3. The highest BCUT2D eigenvalue weighted by Gasteiger charge is 2.20. The zero-order valence-electron chi connectivity index (χ0n) is 14.2. The molecule has 0 saturated heterocycles. The molecule has 7 nitrogen and oxygen atoms in total. The number of nitro groups is 1. The number of thiophene rings is 1. The van der Waals surface area contributed by atoms with Crippen LogP contribution in [0.1, 0.15) is 0 Å². The third-order valence-corrected chi connectivity index (χ3v) is 5.01. The number of methoxy groups -OCH3 is 1. The van der Waals surface area contributed by atoms with Crippen LogP contribution in [0, 0.1) is 10.1 Å². The van der Waals surface area contributed by atoms with Crippen molar-refractivity contribution in [3.8, 4) is 27.8 Å². The molecule has 0 fully saturated rings. The molecule has 134 valence electrons. The van der Waals surface area contributed by atoms with Crippen molar-refractivity contribution in [2.45, 2.75) is 0 Å². The molecule has 4 rings (SSSR count). The van der Waals surface area contributed by atoms with Crippen molar-refractivity contribution in [3.05, 3.63) is 71.0 Å². The highest BCUT2D eigenvalue weighted by molar-refractivity contribution is 7.21. The van der Waals surface area contributed by atoms with Gasteiger partial charge in [-0.15, -0.1) is 11.3 Å². The van der Waals surface area contributed by atoms with Crippen molar-refractivity contribution in [3.63, 3.8) is 0 Å². The van der Waals surface area contributed by atoms with E-state index in [4.69, 9.17) is 9.47 Å². The Balaban J connectivity index is 1.77. The SMILES string of the molecule is COc1ccc(Oc2ncnc3sc(-c4ccccc4)cc23)c([N+](=O)[O-])c1. The van der Waals surface area contributed by atoms with E-state index < -0.39 is 4.92 Å². The van der Waals surface area contributed by atoms with Crippen molar-refractivity contribution in [1.82, 2.24) is 9.97 Å². The summed E-state index contributed by atoms with van der Waals surface area (Å²) in [7, 11) is 1.45. The first-order chi connectivity index (χ1) is 13.2. The summed E-state index contributed by atoms with van der Waals surface area (Å²) >= 11 is 1.51. The van der Waals surface area contributed by atoms with Crippen molar-refractivity contribution < 1.29 is 14.4 Å². The van der Waals surface area contributed by atoms with Crippen LogP contribution in [-0.2, 0) is 0 Å². The first-order valence-electron chi connectivity index (χ1n) is 7.96. The second-order valence-corrected chi connectivity index (χ2v) is 6.60. The van der Waals surface area contributed by atoms with E-state index in [0.29, 0.717) is 11.1 Å². The van der Waals surface area contributed by atoms with Crippen LogP contribution in [0.3, 0.4) is 0 Å². The summed E-state index contributed by atoms with van der Waals surface area (Å²) in [6.45, 7) is 0. The molecule has 0 saturated carbocycles. The lowest BCUT2D eigenvalue weighted by Crippen LogP contribution is -1.96. The van der Waals surface area contributed by atoms with Gasteiger partial charge in [0.25, 0.3) is 0 Å². The summed E-state index contributed by atoms with van der Waals surface area (Å²) in [5.74, 6) is 0.740. The number of aromatic nitrogens is 2. The van der Waals surface area contributed by atoms with E-state index in [-0.39, 0.29) is 17.3 Å². The average Bonchev–Trinajstić information content (AvgIpc) is 3.14. The Morgan fingerprint density at radius 2 is 1.89 bits per heavy atom. The molecule has 0 bridgehead atoms. The number of fused-ring (bicyclic) bond motifs is 1. The Morgan fingerprint density at radius 1 is 1.07 bits per heavy atom. The Bertz CT molecular complexity index is 1130. The summed E-state index contributed by atoms with van der Waals surface area (Å²) in [6, 6.07) is 16.2. The fraction of sp³-hybridized carbons (Fsp3) is 0.0526. The van der Waals surface area contributed by atoms with Crippen LogP contribution in [-0.4, -0.2) is 22.0 Å². The Labute approximate surface area is 158 Å². The fourth-order valence-corrected chi connectivity index (χ4v) is 3.61. The van der Waals surface area contributed by atoms with E-state index in [9.17, 15) is 10.1 Å². The van der Waals surface area contributed by atoms with Crippen LogP contribution in [0.25, 0.3) is 20.7 Å². The quantitative estimate of drug-likeness (QED) is 0.355. The third kappa shape index (κ3) is 3.30. The molecular formula is C19H13N3O4S. The molecule has 8 heteroatoms. The van der Waals surface area contributed by atoms with Crippen LogP contribution in [0.2, 0.25) is 0 Å². The molecule has 0 N–H and O–H groups in total. The summed E-state index contributed by atoms with van der Waals surface area (Å²) in [5.41, 5.74) is 0.863. The molecular weight excluding hydrogens is 366 g/mol. The molecule has 2 aromatic heterocycles. The maximum atomic E-state index is 11.4. The molecule has 0 aliphatic rings. The number of hydrogen-bond acceptors (Lipinski definition) is 7. The molecule has 0 aliphatic carbocycles. The number of rotatable bonds is 5. The maximum Gasteiger partial charge on any atom is 0.315 e. The molecule has 0 spiro atoms. The van der Waals surface area contributed by atoms with Gasteiger partial charge in [0.2, 0.25) is 11.6 Å². The van der Waals surface area contributed by atoms with E-state index in [1.807, 2.05) is 36.4 Å². The van der Waals surface area contributed by atoms with Gasteiger partial charge in [-0.05, 0) is 23.8 Å². The highest BCUT2D eigenvalue weighted by Crippen LogP contribution is 2.39. The van der Waals surface area contributed by atoms with Gasteiger partial charge in [0, 0.05) is 4.88 Å². The van der Waals surface area contributed by atoms with Gasteiger partial charge in [-0.2, -0.15) is 0 Å². The normalized spacial score (nSPS) is 10.7. The highest BCUT2D eigenvalue weighted by atomic mass is 32.1. The lowest BCUT2D eigenvalue weighted by Gasteiger charge is -2.07. The minimum atomic E-state index is -0.515. The zero-order valence-corrected chi connectivity index (χ0v) is 15.0. The molecule has 0 radical (unpaired) electrons. The second-order valence-electron chi connectivity index (χ2n) is 5.57. The number of hydrogen-bond donors (Lipinski definition) is 0. The largest absolute Gasteiger partial charge is 0.496 e. The number of ether oxygens (including phenoxy) is 2. The van der Waals surface area contributed by atoms with Crippen LogP contribution in [0.5, 0.6) is 17.4 Å². The number of nitro benzene ring substituents is 1.